The van der Waals surface area contributed by atoms with Crippen molar-refractivity contribution >= 4 is 15.9 Å². The standard InChI is InChI=1S/C10H13BrN2/c11-8-3-4-10(13-6-8)9(5-12)7-1-2-7/h3-4,6-7,9H,1-2,5,12H2. The van der Waals surface area contributed by atoms with Crippen LogP contribution in [0.1, 0.15) is 24.5 Å². The average Bonchev–Trinajstić information content (AvgIpc) is 2.93. The van der Waals surface area contributed by atoms with Crippen LogP contribution in [0.15, 0.2) is 22.8 Å². The Morgan fingerprint density at radius 1 is 1.54 bits per heavy atom. The number of halogens is 1. The lowest BCUT2D eigenvalue weighted by atomic mass is 9.99. The topological polar surface area (TPSA) is 38.9 Å². The lowest BCUT2D eigenvalue weighted by Crippen LogP contribution is -2.15. The fourth-order valence-electron chi connectivity index (χ4n) is 1.66. The summed E-state index contributed by atoms with van der Waals surface area (Å²) in [6, 6.07) is 4.10. The highest BCUT2D eigenvalue weighted by Gasteiger charge is 2.31. The molecule has 2 N–H and O–H groups in total. The summed E-state index contributed by atoms with van der Waals surface area (Å²) >= 11 is 3.38. The number of nitrogens with two attached hydrogens (primary N) is 1. The molecule has 1 heterocycles. The molecule has 70 valence electrons. The van der Waals surface area contributed by atoms with Gasteiger partial charge in [-0.3, -0.25) is 4.98 Å². The van der Waals surface area contributed by atoms with Gasteiger partial charge < -0.3 is 5.73 Å². The van der Waals surface area contributed by atoms with Crippen molar-refractivity contribution in [3.63, 3.8) is 0 Å². The van der Waals surface area contributed by atoms with Crippen molar-refractivity contribution in [3.05, 3.63) is 28.5 Å². The van der Waals surface area contributed by atoms with E-state index in [1.165, 1.54) is 12.8 Å². The Labute approximate surface area is 86.7 Å². The first-order chi connectivity index (χ1) is 6.31. The largest absolute Gasteiger partial charge is 0.330 e. The molecule has 0 aromatic carbocycles. The molecule has 0 bridgehead atoms. The van der Waals surface area contributed by atoms with Gasteiger partial charge in [0.25, 0.3) is 0 Å². The Morgan fingerprint density at radius 2 is 2.31 bits per heavy atom. The Balaban J connectivity index is 2.17. The Bertz CT molecular complexity index is 279. The van der Waals surface area contributed by atoms with Crippen molar-refractivity contribution in [3.8, 4) is 0 Å². The Hall–Kier alpha value is -0.410. The highest BCUT2D eigenvalue weighted by molar-refractivity contribution is 9.10. The zero-order chi connectivity index (χ0) is 9.26. The van der Waals surface area contributed by atoms with Crippen molar-refractivity contribution in [1.82, 2.24) is 4.98 Å². The van der Waals surface area contributed by atoms with Gasteiger partial charge in [-0.25, -0.2) is 0 Å². The third-order valence-corrected chi connectivity index (χ3v) is 3.04. The Kier molecular flexibility index (Phi) is 2.65. The van der Waals surface area contributed by atoms with E-state index in [2.05, 4.69) is 27.0 Å². The quantitative estimate of drug-likeness (QED) is 0.881. The van der Waals surface area contributed by atoms with Crippen LogP contribution in [0.2, 0.25) is 0 Å². The molecule has 0 spiro atoms. The fraction of sp³-hybridized carbons (Fsp3) is 0.500. The monoisotopic (exact) mass is 240 g/mol. The van der Waals surface area contributed by atoms with Crippen LogP contribution in [-0.4, -0.2) is 11.5 Å². The highest BCUT2D eigenvalue weighted by Crippen LogP contribution is 2.41. The van der Waals surface area contributed by atoms with E-state index in [1.807, 2.05) is 12.3 Å². The molecule has 13 heavy (non-hydrogen) atoms. The van der Waals surface area contributed by atoms with Gasteiger partial charge in [0.05, 0.1) is 0 Å². The molecule has 1 unspecified atom stereocenters. The van der Waals surface area contributed by atoms with Crippen LogP contribution in [-0.2, 0) is 0 Å². The first kappa shape index (κ1) is 9.16. The highest BCUT2D eigenvalue weighted by atomic mass is 79.9. The maximum Gasteiger partial charge on any atom is 0.0450 e. The summed E-state index contributed by atoms with van der Waals surface area (Å²) in [4.78, 5) is 4.38. The summed E-state index contributed by atoms with van der Waals surface area (Å²) in [5.41, 5.74) is 6.88. The van der Waals surface area contributed by atoms with Crippen LogP contribution in [0.4, 0.5) is 0 Å². The second kappa shape index (κ2) is 3.76. The van der Waals surface area contributed by atoms with Crippen LogP contribution in [0.25, 0.3) is 0 Å². The van der Waals surface area contributed by atoms with Gasteiger partial charge in [0, 0.05) is 28.8 Å². The van der Waals surface area contributed by atoms with Gasteiger partial charge in [-0.05, 0) is 46.8 Å². The van der Waals surface area contributed by atoms with E-state index in [4.69, 9.17) is 5.73 Å². The minimum Gasteiger partial charge on any atom is -0.330 e. The van der Waals surface area contributed by atoms with E-state index >= 15 is 0 Å². The molecule has 0 aliphatic heterocycles. The molecular formula is C10H13BrN2. The van der Waals surface area contributed by atoms with E-state index in [-0.39, 0.29) is 0 Å². The van der Waals surface area contributed by atoms with Gasteiger partial charge in [0.15, 0.2) is 0 Å². The summed E-state index contributed by atoms with van der Waals surface area (Å²) in [5, 5.41) is 0. The number of pyridine rings is 1. The normalized spacial score (nSPS) is 18.6. The Morgan fingerprint density at radius 3 is 2.77 bits per heavy atom. The third kappa shape index (κ3) is 2.09. The van der Waals surface area contributed by atoms with Gasteiger partial charge in [-0.1, -0.05) is 0 Å². The molecule has 1 aromatic rings. The van der Waals surface area contributed by atoms with Crippen molar-refractivity contribution in [2.75, 3.05) is 6.54 Å². The second-order valence-electron chi connectivity index (χ2n) is 3.58. The first-order valence-corrected chi connectivity index (χ1v) is 5.42. The summed E-state index contributed by atoms with van der Waals surface area (Å²) in [5.74, 6) is 1.27. The number of hydrogen-bond acceptors (Lipinski definition) is 2. The van der Waals surface area contributed by atoms with Crippen LogP contribution in [0, 0.1) is 5.92 Å². The molecule has 0 amide bonds. The molecule has 2 rings (SSSR count). The van der Waals surface area contributed by atoms with Crippen LogP contribution < -0.4 is 5.73 Å². The number of rotatable bonds is 3. The number of nitrogens with zero attached hydrogens (tertiary/aromatic N) is 1. The molecule has 1 aliphatic rings. The number of hydrogen-bond donors (Lipinski definition) is 1. The average molecular weight is 241 g/mol. The van der Waals surface area contributed by atoms with Crippen molar-refractivity contribution in [2.24, 2.45) is 11.7 Å². The molecule has 1 aromatic heterocycles. The first-order valence-electron chi connectivity index (χ1n) is 4.63. The van der Waals surface area contributed by atoms with Crippen molar-refractivity contribution in [1.29, 1.82) is 0 Å². The van der Waals surface area contributed by atoms with Gasteiger partial charge in [-0.15, -0.1) is 0 Å². The van der Waals surface area contributed by atoms with Crippen LogP contribution in [0.3, 0.4) is 0 Å². The molecule has 1 atom stereocenters. The van der Waals surface area contributed by atoms with E-state index in [1.54, 1.807) is 0 Å². The molecule has 1 fully saturated rings. The van der Waals surface area contributed by atoms with Crippen LogP contribution >= 0.6 is 15.9 Å². The zero-order valence-corrected chi connectivity index (χ0v) is 9.00. The SMILES string of the molecule is NCC(c1ccc(Br)cn1)C1CC1. The van der Waals surface area contributed by atoms with Gasteiger partial charge in [-0.2, -0.15) is 0 Å². The molecule has 1 aliphatic carbocycles. The smallest absolute Gasteiger partial charge is 0.0450 e. The lowest BCUT2D eigenvalue weighted by molar-refractivity contribution is 0.599. The molecule has 1 saturated carbocycles. The molecule has 0 radical (unpaired) electrons. The molecule has 0 saturated heterocycles. The maximum atomic E-state index is 5.73. The number of aromatic nitrogens is 1. The molecular weight excluding hydrogens is 228 g/mol. The molecule has 3 heteroatoms. The van der Waals surface area contributed by atoms with Crippen LogP contribution in [0.5, 0.6) is 0 Å². The van der Waals surface area contributed by atoms with E-state index in [9.17, 15) is 0 Å². The van der Waals surface area contributed by atoms with E-state index in [0.29, 0.717) is 5.92 Å². The summed E-state index contributed by atoms with van der Waals surface area (Å²) in [6.07, 6.45) is 4.49. The maximum absolute atomic E-state index is 5.73. The summed E-state index contributed by atoms with van der Waals surface area (Å²) in [7, 11) is 0. The minimum absolute atomic E-state index is 0.480. The van der Waals surface area contributed by atoms with Gasteiger partial charge in [0.2, 0.25) is 0 Å². The lowest BCUT2D eigenvalue weighted by Gasteiger charge is -2.12. The van der Waals surface area contributed by atoms with Gasteiger partial charge in [0.1, 0.15) is 0 Å². The van der Waals surface area contributed by atoms with Gasteiger partial charge >= 0.3 is 0 Å². The second-order valence-corrected chi connectivity index (χ2v) is 4.50. The zero-order valence-electron chi connectivity index (χ0n) is 7.41. The predicted octanol–water partition coefficient (Wildman–Crippen LogP) is 2.30. The van der Waals surface area contributed by atoms with E-state index < -0.39 is 0 Å². The summed E-state index contributed by atoms with van der Waals surface area (Å²) in [6.45, 7) is 0.722. The molecule has 2 nitrogen and oxygen atoms in total. The summed E-state index contributed by atoms with van der Waals surface area (Å²) < 4.78 is 1.03. The third-order valence-electron chi connectivity index (χ3n) is 2.58. The van der Waals surface area contributed by atoms with Crippen molar-refractivity contribution < 1.29 is 0 Å². The van der Waals surface area contributed by atoms with E-state index in [0.717, 1.165) is 22.6 Å². The van der Waals surface area contributed by atoms with Crippen molar-refractivity contribution in [2.45, 2.75) is 18.8 Å². The fourth-order valence-corrected chi connectivity index (χ4v) is 1.89. The minimum atomic E-state index is 0.480. The predicted molar refractivity (Wildman–Crippen MR) is 56.5 cm³/mol.